The zero-order valence-electron chi connectivity index (χ0n) is 15.9. The van der Waals surface area contributed by atoms with Crippen molar-refractivity contribution in [2.24, 2.45) is 0 Å². The van der Waals surface area contributed by atoms with Crippen molar-refractivity contribution >= 4 is 28.3 Å². The molecule has 1 aliphatic rings. The van der Waals surface area contributed by atoms with E-state index in [4.69, 9.17) is 30.2 Å². The summed E-state index contributed by atoms with van der Waals surface area (Å²) in [7, 11) is 3.15. The van der Waals surface area contributed by atoms with E-state index < -0.39 is 0 Å². The number of hydrogen-bond donors (Lipinski definition) is 0. The summed E-state index contributed by atoms with van der Waals surface area (Å²) in [4.78, 5) is 14.0. The molecule has 0 N–H and O–H groups in total. The predicted molar refractivity (Wildman–Crippen MR) is 108 cm³/mol. The third-order valence-corrected chi connectivity index (χ3v) is 5.25. The Labute approximate surface area is 167 Å². The highest BCUT2D eigenvalue weighted by Gasteiger charge is 2.25. The standard InChI is InChI=1S/C21H20ClNO5/c1-4-12-7-20(24)28-21-13(12)5-6-17-14(21)10-23(11-27-17)16-8-15(22)18(25-2)9-19(16)26-3/h5-9H,4,10-11H2,1-3H3. The second kappa shape index (κ2) is 7.28. The SMILES string of the molecule is CCc1cc(=O)oc2c3c(ccc12)OCN(c1cc(Cl)c(OC)cc1OC)C3. The summed E-state index contributed by atoms with van der Waals surface area (Å²) in [5.74, 6) is 1.85. The molecule has 0 spiro atoms. The summed E-state index contributed by atoms with van der Waals surface area (Å²) in [5.41, 5.74) is 2.75. The number of benzene rings is 2. The first-order chi connectivity index (χ1) is 13.5. The number of ether oxygens (including phenoxy) is 3. The number of rotatable bonds is 4. The average Bonchev–Trinajstić information content (AvgIpc) is 2.72. The molecule has 1 aliphatic heterocycles. The van der Waals surface area contributed by atoms with Gasteiger partial charge < -0.3 is 23.5 Å². The van der Waals surface area contributed by atoms with E-state index in [0.717, 1.165) is 28.6 Å². The summed E-state index contributed by atoms with van der Waals surface area (Å²) in [6.45, 7) is 2.82. The van der Waals surface area contributed by atoms with Crippen LogP contribution in [0.4, 0.5) is 5.69 Å². The molecule has 7 heteroatoms. The molecule has 6 nitrogen and oxygen atoms in total. The Morgan fingerprint density at radius 3 is 2.64 bits per heavy atom. The molecule has 146 valence electrons. The minimum atomic E-state index is -0.361. The lowest BCUT2D eigenvalue weighted by Crippen LogP contribution is -2.32. The van der Waals surface area contributed by atoms with Crippen molar-refractivity contribution in [3.8, 4) is 17.2 Å². The number of anilines is 1. The van der Waals surface area contributed by atoms with E-state index in [0.29, 0.717) is 41.1 Å². The van der Waals surface area contributed by atoms with Gasteiger partial charge in [0.05, 0.1) is 37.0 Å². The van der Waals surface area contributed by atoms with Crippen LogP contribution in [-0.2, 0) is 13.0 Å². The summed E-state index contributed by atoms with van der Waals surface area (Å²) in [5, 5.41) is 1.40. The fraction of sp³-hybridized carbons (Fsp3) is 0.286. The molecule has 0 radical (unpaired) electrons. The zero-order valence-corrected chi connectivity index (χ0v) is 16.6. The Bertz CT molecular complexity index is 1110. The fourth-order valence-electron chi connectivity index (χ4n) is 3.54. The van der Waals surface area contributed by atoms with Crippen LogP contribution in [0.25, 0.3) is 11.0 Å². The number of hydrogen-bond acceptors (Lipinski definition) is 6. The average molecular weight is 402 g/mol. The lowest BCUT2D eigenvalue weighted by atomic mass is 10.0. The third-order valence-electron chi connectivity index (χ3n) is 4.96. The van der Waals surface area contributed by atoms with Gasteiger partial charge in [-0.15, -0.1) is 0 Å². The lowest BCUT2D eigenvalue weighted by Gasteiger charge is -2.32. The predicted octanol–water partition coefficient (Wildman–Crippen LogP) is 4.38. The summed E-state index contributed by atoms with van der Waals surface area (Å²) in [6.07, 6.45) is 0.743. The van der Waals surface area contributed by atoms with E-state index >= 15 is 0 Å². The van der Waals surface area contributed by atoms with Gasteiger partial charge in [0.2, 0.25) is 0 Å². The molecular formula is C21H20ClNO5. The number of fused-ring (bicyclic) bond motifs is 3. The quantitative estimate of drug-likeness (QED) is 0.604. The summed E-state index contributed by atoms with van der Waals surface area (Å²) < 4.78 is 22.3. The highest BCUT2D eigenvalue weighted by molar-refractivity contribution is 6.32. The normalized spacial score (nSPS) is 13.2. The van der Waals surface area contributed by atoms with E-state index in [-0.39, 0.29) is 5.63 Å². The van der Waals surface area contributed by atoms with Crippen molar-refractivity contribution in [1.29, 1.82) is 0 Å². The van der Waals surface area contributed by atoms with Crippen LogP contribution in [0.5, 0.6) is 17.2 Å². The van der Waals surface area contributed by atoms with Gasteiger partial charge in [-0.2, -0.15) is 0 Å². The fourth-order valence-corrected chi connectivity index (χ4v) is 3.77. The molecule has 4 rings (SSSR count). The molecule has 28 heavy (non-hydrogen) atoms. The van der Waals surface area contributed by atoms with E-state index in [1.807, 2.05) is 24.0 Å². The van der Waals surface area contributed by atoms with Crippen LogP contribution in [0, 0.1) is 0 Å². The first kappa shape index (κ1) is 18.5. The number of methoxy groups -OCH3 is 2. The van der Waals surface area contributed by atoms with E-state index in [1.54, 1.807) is 32.4 Å². The maximum Gasteiger partial charge on any atom is 0.336 e. The Hall–Kier alpha value is -2.86. The van der Waals surface area contributed by atoms with Gasteiger partial charge in [-0.25, -0.2) is 4.79 Å². The van der Waals surface area contributed by atoms with E-state index in [2.05, 4.69) is 0 Å². The van der Waals surface area contributed by atoms with Crippen LogP contribution < -0.4 is 24.7 Å². The molecule has 0 aliphatic carbocycles. The third kappa shape index (κ3) is 3.03. The van der Waals surface area contributed by atoms with Crippen molar-refractivity contribution in [1.82, 2.24) is 0 Å². The van der Waals surface area contributed by atoms with Crippen LogP contribution in [-0.4, -0.2) is 21.0 Å². The molecule has 2 aromatic carbocycles. The highest BCUT2D eigenvalue weighted by atomic mass is 35.5. The molecule has 0 saturated heterocycles. The van der Waals surface area contributed by atoms with Crippen molar-refractivity contribution in [3.05, 3.63) is 56.9 Å². The van der Waals surface area contributed by atoms with Crippen molar-refractivity contribution in [2.45, 2.75) is 19.9 Å². The van der Waals surface area contributed by atoms with E-state index in [1.165, 1.54) is 0 Å². The molecule has 0 atom stereocenters. The molecule has 0 unspecified atom stereocenters. The molecule has 2 heterocycles. The molecule has 0 bridgehead atoms. The smallest absolute Gasteiger partial charge is 0.336 e. The Balaban J connectivity index is 1.83. The van der Waals surface area contributed by atoms with Gasteiger partial charge in [0, 0.05) is 17.5 Å². The van der Waals surface area contributed by atoms with Crippen LogP contribution in [0.2, 0.25) is 5.02 Å². The number of aryl methyl sites for hydroxylation is 1. The lowest BCUT2D eigenvalue weighted by molar-refractivity contribution is 0.286. The van der Waals surface area contributed by atoms with Gasteiger partial charge in [-0.05, 0) is 30.2 Å². The van der Waals surface area contributed by atoms with Gasteiger partial charge in [-0.3, -0.25) is 0 Å². The molecule has 3 aromatic rings. The van der Waals surface area contributed by atoms with Gasteiger partial charge in [0.15, 0.2) is 6.73 Å². The second-order valence-electron chi connectivity index (χ2n) is 6.49. The van der Waals surface area contributed by atoms with Gasteiger partial charge in [-0.1, -0.05) is 18.5 Å². The molecule has 0 saturated carbocycles. The van der Waals surface area contributed by atoms with Gasteiger partial charge >= 0.3 is 5.63 Å². The molecule has 1 aromatic heterocycles. The van der Waals surface area contributed by atoms with Crippen molar-refractivity contribution in [3.63, 3.8) is 0 Å². The highest BCUT2D eigenvalue weighted by Crippen LogP contribution is 2.41. The van der Waals surface area contributed by atoms with Crippen molar-refractivity contribution in [2.75, 3.05) is 25.9 Å². The van der Waals surface area contributed by atoms with Gasteiger partial charge in [0.1, 0.15) is 22.8 Å². The molecular weight excluding hydrogens is 382 g/mol. The van der Waals surface area contributed by atoms with Crippen LogP contribution in [0.15, 0.2) is 39.5 Å². The molecule has 0 fully saturated rings. The minimum absolute atomic E-state index is 0.315. The van der Waals surface area contributed by atoms with Gasteiger partial charge in [0.25, 0.3) is 0 Å². The van der Waals surface area contributed by atoms with Crippen LogP contribution in [0.3, 0.4) is 0 Å². The topological polar surface area (TPSA) is 61.1 Å². The van der Waals surface area contributed by atoms with Crippen LogP contribution >= 0.6 is 11.6 Å². The first-order valence-corrected chi connectivity index (χ1v) is 9.31. The van der Waals surface area contributed by atoms with E-state index in [9.17, 15) is 4.79 Å². The zero-order chi connectivity index (χ0) is 19.8. The van der Waals surface area contributed by atoms with Crippen LogP contribution in [0.1, 0.15) is 18.1 Å². The Morgan fingerprint density at radius 1 is 1.14 bits per heavy atom. The number of nitrogens with zero attached hydrogens (tertiary/aromatic N) is 1. The largest absolute Gasteiger partial charge is 0.495 e. The maximum atomic E-state index is 12.0. The molecule has 0 amide bonds. The Morgan fingerprint density at radius 2 is 1.93 bits per heavy atom. The van der Waals surface area contributed by atoms with Crippen molar-refractivity contribution < 1.29 is 18.6 Å². The summed E-state index contributed by atoms with van der Waals surface area (Å²) >= 11 is 6.33. The number of halogens is 1. The second-order valence-corrected chi connectivity index (χ2v) is 6.90. The first-order valence-electron chi connectivity index (χ1n) is 8.93. The maximum absolute atomic E-state index is 12.0. The minimum Gasteiger partial charge on any atom is -0.495 e. The summed E-state index contributed by atoms with van der Waals surface area (Å²) in [6, 6.07) is 8.93. The monoisotopic (exact) mass is 401 g/mol. The Kier molecular flexibility index (Phi) is 4.81.